The number of aliphatic carboxylic acids is 1. The lowest BCUT2D eigenvalue weighted by molar-refractivity contribution is -0.308. The first kappa shape index (κ1) is 16.0. The van der Waals surface area contributed by atoms with Gasteiger partial charge < -0.3 is 15.2 Å². The molecule has 0 spiro atoms. The maximum Gasteiger partial charge on any atom is 0.162 e. The van der Waals surface area contributed by atoms with E-state index in [0.717, 1.165) is 0 Å². The maximum atomic E-state index is 12.5. The molecule has 23 heavy (non-hydrogen) atoms. The summed E-state index contributed by atoms with van der Waals surface area (Å²) in [6, 6.07) is 0. The van der Waals surface area contributed by atoms with Crippen LogP contribution < -0.4 is 10.4 Å². The third-order valence-electron chi connectivity index (χ3n) is 4.95. The number of allylic oxidation sites excluding steroid dienone is 2. The van der Waals surface area contributed by atoms with Gasteiger partial charge in [-0.1, -0.05) is 27.7 Å². The molecule has 0 saturated heterocycles. The molecule has 5 heteroatoms. The van der Waals surface area contributed by atoms with Crippen LogP contribution in [0, 0.1) is 16.7 Å². The van der Waals surface area contributed by atoms with Gasteiger partial charge in [0.15, 0.2) is 11.6 Å². The highest BCUT2D eigenvalue weighted by Gasteiger charge is 2.46. The van der Waals surface area contributed by atoms with Crippen molar-refractivity contribution in [3.8, 4) is 0 Å². The normalized spacial score (nSPS) is 26.6. The van der Waals surface area contributed by atoms with Gasteiger partial charge in [-0.05, 0) is 23.7 Å². The average Bonchev–Trinajstić information content (AvgIpc) is 2.32. The van der Waals surface area contributed by atoms with Crippen LogP contribution in [0.2, 0.25) is 0 Å². The lowest BCUT2D eigenvalue weighted by Crippen LogP contribution is -2.48. The molecule has 0 radical (unpaired) electrons. The molecule has 1 aliphatic heterocycles. The van der Waals surface area contributed by atoms with Crippen molar-refractivity contribution in [2.75, 3.05) is 0 Å². The number of carbonyl (C=O) groups is 3. The van der Waals surface area contributed by atoms with Gasteiger partial charge in [0.25, 0.3) is 0 Å². The Morgan fingerprint density at radius 1 is 0.913 bits per heavy atom. The predicted molar refractivity (Wildman–Crippen MR) is 81.7 cm³/mol. The molecule has 0 amide bonds. The molecule has 0 aromatic rings. The van der Waals surface area contributed by atoms with Gasteiger partial charge in [0.1, 0.15) is 0 Å². The molecule has 3 aliphatic rings. The third kappa shape index (κ3) is 2.62. The molecule has 0 aromatic heterocycles. The van der Waals surface area contributed by atoms with Gasteiger partial charge in [-0.3, -0.25) is 9.59 Å². The van der Waals surface area contributed by atoms with Gasteiger partial charge in [-0.15, -0.1) is 0 Å². The molecule has 0 atom stereocenters. The molecule has 124 valence electrons. The van der Waals surface area contributed by atoms with Crippen molar-refractivity contribution in [1.29, 1.82) is 0 Å². The molecule has 0 bridgehead atoms. The van der Waals surface area contributed by atoms with Gasteiger partial charge in [0.2, 0.25) is 0 Å². The van der Waals surface area contributed by atoms with Crippen molar-refractivity contribution < 1.29 is 19.5 Å². The van der Waals surface area contributed by atoms with Crippen LogP contribution in [0.3, 0.4) is 0 Å². The highest BCUT2D eigenvalue weighted by Crippen LogP contribution is 2.47. The second-order valence-electron chi connectivity index (χ2n) is 8.54. The van der Waals surface area contributed by atoms with Gasteiger partial charge >= 0.3 is 0 Å². The van der Waals surface area contributed by atoms with E-state index in [2.05, 4.69) is 5.32 Å². The number of carbonyl (C=O) groups excluding carboxylic acids is 3. The van der Waals surface area contributed by atoms with E-state index in [4.69, 9.17) is 0 Å². The van der Waals surface area contributed by atoms with Gasteiger partial charge in [-0.25, -0.2) is 0 Å². The van der Waals surface area contributed by atoms with E-state index in [0.29, 0.717) is 37.1 Å². The predicted octanol–water partition coefficient (Wildman–Crippen LogP) is 1.24. The number of carboxylic acids is 1. The Balaban J connectivity index is 2.13. The Labute approximate surface area is 135 Å². The average molecular weight is 316 g/mol. The third-order valence-corrected chi connectivity index (χ3v) is 4.95. The summed E-state index contributed by atoms with van der Waals surface area (Å²) in [6.07, 6.45) is 1.78. The molecule has 0 saturated carbocycles. The van der Waals surface area contributed by atoms with E-state index in [1.807, 2.05) is 27.7 Å². The number of hydrogen-bond acceptors (Lipinski definition) is 5. The quantitative estimate of drug-likeness (QED) is 0.786. The van der Waals surface area contributed by atoms with Crippen molar-refractivity contribution in [1.82, 2.24) is 5.32 Å². The summed E-state index contributed by atoms with van der Waals surface area (Å²) in [5, 5.41) is 15.0. The minimum atomic E-state index is -1.35. The molecular weight excluding hydrogens is 294 g/mol. The highest BCUT2D eigenvalue weighted by molar-refractivity contribution is 6.10. The molecule has 1 heterocycles. The van der Waals surface area contributed by atoms with E-state index in [1.165, 1.54) is 0 Å². The van der Waals surface area contributed by atoms with Crippen LogP contribution >= 0.6 is 0 Å². The molecule has 0 unspecified atom stereocenters. The van der Waals surface area contributed by atoms with E-state index in [-0.39, 0.29) is 33.5 Å². The fourth-order valence-corrected chi connectivity index (χ4v) is 4.12. The number of hydrogen-bond donors (Lipinski definition) is 1. The van der Waals surface area contributed by atoms with Crippen molar-refractivity contribution >= 4 is 17.5 Å². The zero-order valence-electron chi connectivity index (χ0n) is 14.0. The molecule has 5 nitrogen and oxygen atoms in total. The van der Waals surface area contributed by atoms with E-state index in [9.17, 15) is 19.5 Å². The first-order valence-electron chi connectivity index (χ1n) is 8.01. The first-order valence-corrected chi connectivity index (χ1v) is 8.01. The van der Waals surface area contributed by atoms with Crippen molar-refractivity contribution in [3.63, 3.8) is 0 Å². The van der Waals surface area contributed by atoms with E-state index < -0.39 is 11.9 Å². The highest BCUT2D eigenvalue weighted by atomic mass is 16.4. The number of rotatable bonds is 1. The van der Waals surface area contributed by atoms with Crippen LogP contribution in [0.4, 0.5) is 0 Å². The lowest BCUT2D eigenvalue weighted by atomic mass is 9.65. The summed E-state index contributed by atoms with van der Waals surface area (Å²) >= 11 is 0. The minimum Gasteiger partial charge on any atom is -0.549 e. The number of ketones is 2. The van der Waals surface area contributed by atoms with Crippen LogP contribution in [-0.4, -0.2) is 17.5 Å². The topological polar surface area (TPSA) is 86.3 Å². The van der Waals surface area contributed by atoms with Crippen LogP contribution in [0.1, 0.15) is 53.4 Å². The SMILES string of the molecule is CC1(C)CC(=O)C2=C(C1)NC1=C(C(=O)CC(C)(C)C1)C2C(=O)[O-]. The van der Waals surface area contributed by atoms with Crippen LogP contribution in [0.15, 0.2) is 22.5 Å². The second kappa shape index (κ2) is 4.79. The summed E-state index contributed by atoms with van der Waals surface area (Å²) in [7, 11) is 0. The van der Waals surface area contributed by atoms with Crippen LogP contribution in [-0.2, 0) is 14.4 Å². The van der Waals surface area contributed by atoms with Crippen LogP contribution in [0.5, 0.6) is 0 Å². The number of carboxylic acid groups (broad SMARTS) is 1. The Morgan fingerprint density at radius 3 is 1.65 bits per heavy atom. The fourth-order valence-electron chi connectivity index (χ4n) is 4.12. The Bertz CT molecular complexity index is 642. The summed E-state index contributed by atoms with van der Waals surface area (Å²) in [5.74, 6) is -2.95. The molecular formula is C18H22NO4-. The van der Waals surface area contributed by atoms with E-state index in [1.54, 1.807) is 0 Å². The Morgan fingerprint density at radius 2 is 1.30 bits per heavy atom. The first-order chi connectivity index (χ1) is 10.5. The number of Topliss-reactive ketones (excluding diaryl/α,β-unsaturated/α-hetero) is 2. The summed E-state index contributed by atoms with van der Waals surface area (Å²) in [6.45, 7) is 7.96. The molecule has 1 N–H and O–H groups in total. The van der Waals surface area contributed by atoms with Crippen molar-refractivity contribution in [2.24, 2.45) is 16.7 Å². The van der Waals surface area contributed by atoms with Gasteiger partial charge in [0, 0.05) is 35.4 Å². The Kier molecular flexibility index (Phi) is 3.33. The maximum absolute atomic E-state index is 12.5. The van der Waals surface area contributed by atoms with E-state index >= 15 is 0 Å². The number of nitrogens with one attached hydrogen (secondary N) is 1. The monoisotopic (exact) mass is 316 g/mol. The largest absolute Gasteiger partial charge is 0.549 e. The summed E-state index contributed by atoms with van der Waals surface area (Å²) < 4.78 is 0. The zero-order chi connectivity index (χ0) is 17.2. The molecule has 0 fully saturated rings. The lowest BCUT2D eigenvalue weighted by Gasteiger charge is -2.43. The second-order valence-corrected chi connectivity index (χ2v) is 8.54. The minimum absolute atomic E-state index is 0.192. The molecule has 2 aliphatic carbocycles. The van der Waals surface area contributed by atoms with Gasteiger partial charge in [-0.2, -0.15) is 0 Å². The summed E-state index contributed by atoms with van der Waals surface area (Å²) in [5.41, 5.74) is 1.35. The standard InChI is InChI=1S/C18H23NO4/c1-17(2)5-9-13(11(20)7-17)15(16(22)23)14-10(19-9)6-18(3,4)8-12(14)21/h15,19H,5-8H2,1-4H3,(H,22,23)/p-1. The van der Waals surface area contributed by atoms with Gasteiger partial charge in [0.05, 0.1) is 11.9 Å². The smallest absolute Gasteiger partial charge is 0.162 e. The van der Waals surface area contributed by atoms with Crippen LogP contribution in [0.25, 0.3) is 0 Å². The molecule has 3 rings (SSSR count). The zero-order valence-corrected chi connectivity index (χ0v) is 14.0. The molecule has 0 aromatic carbocycles. The van der Waals surface area contributed by atoms with Crippen molar-refractivity contribution in [2.45, 2.75) is 53.4 Å². The summed E-state index contributed by atoms with van der Waals surface area (Å²) in [4.78, 5) is 36.9. The fraction of sp³-hybridized carbons (Fsp3) is 0.611. The Hall–Kier alpha value is -1.91. The number of dihydropyridines is 1. The van der Waals surface area contributed by atoms with Crippen molar-refractivity contribution in [3.05, 3.63) is 22.5 Å².